The summed E-state index contributed by atoms with van der Waals surface area (Å²) >= 11 is 3.32. The summed E-state index contributed by atoms with van der Waals surface area (Å²) in [5, 5.41) is 5.75. The van der Waals surface area contributed by atoms with Crippen LogP contribution >= 0.6 is 15.9 Å². The second-order valence-electron chi connectivity index (χ2n) is 7.50. The van der Waals surface area contributed by atoms with Crippen LogP contribution in [-0.4, -0.2) is 34.3 Å². The highest BCUT2D eigenvalue weighted by Crippen LogP contribution is 2.22. The molecule has 1 fully saturated rings. The number of benzene rings is 2. The average molecular weight is 479 g/mol. The highest BCUT2D eigenvalue weighted by molar-refractivity contribution is 9.10. The van der Waals surface area contributed by atoms with Crippen LogP contribution in [0.4, 0.5) is 11.5 Å². The lowest BCUT2D eigenvalue weighted by Crippen LogP contribution is -2.39. The van der Waals surface area contributed by atoms with Crippen LogP contribution < -0.4 is 10.6 Å². The van der Waals surface area contributed by atoms with Crippen molar-refractivity contribution in [1.29, 1.82) is 0 Å². The van der Waals surface area contributed by atoms with Crippen LogP contribution in [0.5, 0.6) is 0 Å². The number of anilines is 2. The quantitative estimate of drug-likeness (QED) is 0.538. The summed E-state index contributed by atoms with van der Waals surface area (Å²) in [7, 11) is 0. The summed E-state index contributed by atoms with van der Waals surface area (Å²) in [4.78, 5) is 31.9. The van der Waals surface area contributed by atoms with Crippen LogP contribution in [0.3, 0.4) is 0 Å². The summed E-state index contributed by atoms with van der Waals surface area (Å²) < 4.78 is 0.837. The van der Waals surface area contributed by atoms with Crippen LogP contribution in [-0.2, 0) is 11.3 Å². The van der Waals surface area contributed by atoms with Crippen molar-refractivity contribution in [2.45, 2.75) is 25.4 Å². The molecule has 2 amide bonds. The smallest absolute Gasteiger partial charge is 0.256 e. The first-order chi connectivity index (χ1) is 15.1. The fourth-order valence-electron chi connectivity index (χ4n) is 3.73. The van der Waals surface area contributed by atoms with E-state index in [-0.39, 0.29) is 17.9 Å². The Morgan fingerprint density at radius 3 is 2.65 bits per heavy atom. The van der Waals surface area contributed by atoms with E-state index in [0.29, 0.717) is 17.1 Å². The SMILES string of the molecule is O=C(Nc1ccc(Br)cn1)c1cccc(NC(=O)C2CCCN2Cc2ccccc2)c1. The van der Waals surface area contributed by atoms with Gasteiger partial charge in [-0.05, 0) is 71.2 Å². The number of carbonyl (C=O) groups excluding carboxylic acids is 2. The van der Waals surface area contributed by atoms with Gasteiger partial charge in [-0.15, -0.1) is 0 Å². The van der Waals surface area contributed by atoms with Gasteiger partial charge in [0.1, 0.15) is 5.82 Å². The number of pyridine rings is 1. The van der Waals surface area contributed by atoms with E-state index < -0.39 is 0 Å². The van der Waals surface area contributed by atoms with Gasteiger partial charge in [-0.2, -0.15) is 0 Å². The Bertz CT molecular complexity index is 1060. The van der Waals surface area contributed by atoms with Crippen molar-refractivity contribution in [3.05, 3.63) is 88.5 Å². The number of nitrogens with zero attached hydrogens (tertiary/aromatic N) is 2. The molecule has 0 bridgehead atoms. The lowest BCUT2D eigenvalue weighted by Gasteiger charge is -2.23. The van der Waals surface area contributed by atoms with E-state index in [1.165, 1.54) is 5.56 Å². The van der Waals surface area contributed by atoms with Crippen molar-refractivity contribution < 1.29 is 9.59 Å². The maximum Gasteiger partial charge on any atom is 0.256 e. The number of nitrogens with one attached hydrogen (secondary N) is 2. The molecule has 0 aliphatic carbocycles. The van der Waals surface area contributed by atoms with Crippen LogP contribution in [0.25, 0.3) is 0 Å². The molecule has 6 nitrogen and oxygen atoms in total. The molecule has 1 aliphatic heterocycles. The Labute approximate surface area is 189 Å². The van der Waals surface area contributed by atoms with Gasteiger partial charge in [-0.25, -0.2) is 4.98 Å². The summed E-state index contributed by atoms with van der Waals surface area (Å²) in [6.07, 6.45) is 3.44. The second kappa shape index (κ2) is 9.85. The molecule has 3 aromatic rings. The summed E-state index contributed by atoms with van der Waals surface area (Å²) in [6.45, 7) is 1.65. The molecule has 0 saturated carbocycles. The molecule has 1 atom stereocenters. The molecular formula is C24H23BrN4O2. The molecule has 1 unspecified atom stereocenters. The minimum absolute atomic E-state index is 0.0411. The Morgan fingerprint density at radius 1 is 1.03 bits per heavy atom. The van der Waals surface area contributed by atoms with Gasteiger partial charge in [0.05, 0.1) is 6.04 Å². The number of aromatic nitrogens is 1. The third-order valence-corrected chi connectivity index (χ3v) is 5.73. The molecule has 31 heavy (non-hydrogen) atoms. The minimum atomic E-state index is -0.280. The number of hydrogen-bond donors (Lipinski definition) is 2. The Hall–Kier alpha value is -3.03. The van der Waals surface area contributed by atoms with Crippen LogP contribution in [0.15, 0.2) is 77.4 Å². The molecule has 7 heteroatoms. The molecule has 2 heterocycles. The summed E-state index contributed by atoms with van der Waals surface area (Å²) in [5.74, 6) is 0.142. The van der Waals surface area contributed by atoms with Crippen molar-refractivity contribution in [3.8, 4) is 0 Å². The zero-order valence-corrected chi connectivity index (χ0v) is 18.5. The van der Waals surface area contributed by atoms with E-state index >= 15 is 0 Å². The molecule has 1 saturated heterocycles. The van der Waals surface area contributed by atoms with Gasteiger partial charge < -0.3 is 10.6 Å². The van der Waals surface area contributed by atoms with Gasteiger partial charge in [-0.1, -0.05) is 36.4 Å². The lowest BCUT2D eigenvalue weighted by molar-refractivity contribution is -0.120. The predicted molar refractivity (Wildman–Crippen MR) is 125 cm³/mol. The maximum absolute atomic E-state index is 13.0. The molecule has 158 valence electrons. The van der Waals surface area contributed by atoms with Crippen molar-refractivity contribution >= 4 is 39.2 Å². The van der Waals surface area contributed by atoms with E-state index in [9.17, 15) is 9.59 Å². The van der Waals surface area contributed by atoms with E-state index in [1.54, 1.807) is 36.5 Å². The molecule has 0 radical (unpaired) electrons. The van der Waals surface area contributed by atoms with E-state index in [1.807, 2.05) is 24.3 Å². The molecule has 2 aromatic carbocycles. The number of amides is 2. The van der Waals surface area contributed by atoms with E-state index in [4.69, 9.17) is 0 Å². The highest BCUT2D eigenvalue weighted by Gasteiger charge is 2.30. The zero-order valence-electron chi connectivity index (χ0n) is 16.9. The fraction of sp³-hybridized carbons (Fsp3) is 0.208. The molecule has 1 aromatic heterocycles. The maximum atomic E-state index is 13.0. The van der Waals surface area contributed by atoms with Gasteiger partial charge in [0, 0.05) is 28.5 Å². The first-order valence-corrected chi connectivity index (χ1v) is 11.0. The number of carbonyl (C=O) groups is 2. The molecular weight excluding hydrogens is 456 g/mol. The van der Waals surface area contributed by atoms with Gasteiger partial charge >= 0.3 is 0 Å². The lowest BCUT2D eigenvalue weighted by atomic mass is 10.1. The van der Waals surface area contributed by atoms with E-state index in [0.717, 1.165) is 30.4 Å². The second-order valence-corrected chi connectivity index (χ2v) is 8.42. The van der Waals surface area contributed by atoms with Gasteiger partial charge in [0.2, 0.25) is 5.91 Å². The third-order valence-electron chi connectivity index (χ3n) is 5.26. The number of rotatable bonds is 6. The minimum Gasteiger partial charge on any atom is -0.325 e. The molecule has 2 N–H and O–H groups in total. The molecule has 0 spiro atoms. The van der Waals surface area contributed by atoms with Gasteiger partial charge in [0.15, 0.2) is 0 Å². The van der Waals surface area contributed by atoms with Crippen molar-refractivity contribution in [2.75, 3.05) is 17.2 Å². The average Bonchev–Trinajstić information content (AvgIpc) is 3.24. The Morgan fingerprint density at radius 2 is 1.87 bits per heavy atom. The Balaban J connectivity index is 1.40. The zero-order chi connectivity index (χ0) is 21.6. The van der Waals surface area contributed by atoms with E-state index in [2.05, 4.69) is 48.6 Å². The van der Waals surface area contributed by atoms with Crippen LogP contribution in [0.1, 0.15) is 28.8 Å². The van der Waals surface area contributed by atoms with Crippen molar-refractivity contribution in [1.82, 2.24) is 9.88 Å². The highest BCUT2D eigenvalue weighted by atomic mass is 79.9. The van der Waals surface area contributed by atoms with Gasteiger partial charge in [-0.3, -0.25) is 14.5 Å². The molecule has 1 aliphatic rings. The largest absolute Gasteiger partial charge is 0.325 e. The summed E-state index contributed by atoms with van der Waals surface area (Å²) in [5.41, 5.74) is 2.26. The van der Waals surface area contributed by atoms with Crippen molar-refractivity contribution in [2.24, 2.45) is 0 Å². The standard InChI is InChI=1S/C24H23BrN4O2/c25-19-11-12-22(26-15-19)28-23(30)18-8-4-9-20(14-18)27-24(31)21-10-5-13-29(21)16-17-6-2-1-3-7-17/h1-4,6-9,11-12,14-15,21H,5,10,13,16H2,(H,27,31)(H,26,28,30). The van der Waals surface area contributed by atoms with Crippen LogP contribution in [0, 0.1) is 0 Å². The first kappa shape index (κ1) is 21.2. The number of likely N-dealkylation sites (tertiary alicyclic amines) is 1. The van der Waals surface area contributed by atoms with Crippen LogP contribution in [0.2, 0.25) is 0 Å². The van der Waals surface area contributed by atoms with Crippen molar-refractivity contribution in [3.63, 3.8) is 0 Å². The fourth-order valence-corrected chi connectivity index (χ4v) is 3.97. The first-order valence-electron chi connectivity index (χ1n) is 10.2. The summed E-state index contributed by atoms with van der Waals surface area (Å²) in [6, 6.07) is 20.5. The third kappa shape index (κ3) is 5.57. The molecule has 4 rings (SSSR count). The topological polar surface area (TPSA) is 74.3 Å². The number of halogens is 1. The number of hydrogen-bond acceptors (Lipinski definition) is 4. The normalized spacial score (nSPS) is 16.1. The Kier molecular flexibility index (Phi) is 6.74. The monoisotopic (exact) mass is 478 g/mol. The van der Waals surface area contributed by atoms with Gasteiger partial charge in [0.25, 0.3) is 5.91 Å². The predicted octanol–water partition coefficient (Wildman–Crippen LogP) is 4.70.